The third-order valence-corrected chi connectivity index (χ3v) is 3.86. The second-order valence-electron chi connectivity index (χ2n) is 5.51. The molecule has 0 amide bonds. The summed E-state index contributed by atoms with van der Waals surface area (Å²) in [7, 11) is 0. The van der Waals surface area contributed by atoms with E-state index in [1.807, 2.05) is 42.7 Å². The fraction of sp³-hybridized carbons (Fsp3) is 0.263. The molecule has 0 atom stereocenters. The van der Waals surface area contributed by atoms with Crippen LogP contribution in [0.2, 0.25) is 0 Å². The van der Waals surface area contributed by atoms with Crippen LogP contribution in [0.25, 0.3) is 0 Å². The Labute approximate surface area is 132 Å². The molecule has 0 spiro atoms. The van der Waals surface area contributed by atoms with Crippen LogP contribution in [0.15, 0.2) is 70.9 Å². The molecule has 0 unspecified atom stereocenters. The zero-order chi connectivity index (χ0) is 15.0. The van der Waals surface area contributed by atoms with Crippen LogP contribution in [0.4, 0.5) is 0 Å². The Balaban J connectivity index is 1.85. The molecule has 3 nitrogen and oxygen atoms in total. The summed E-state index contributed by atoms with van der Waals surface area (Å²) in [6.07, 6.45) is 5.71. The van der Waals surface area contributed by atoms with Crippen molar-refractivity contribution in [1.29, 1.82) is 0 Å². The number of likely N-dealkylation sites (tertiary alicyclic amines) is 1. The van der Waals surface area contributed by atoms with Crippen LogP contribution in [0, 0.1) is 0 Å². The monoisotopic (exact) mass is 291 g/mol. The average molecular weight is 291 g/mol. The summed E-state index contributed by atoms with van der Waals surface area (Å²) in [5.74, 6) is 0. The predicted octanol–water partition coefficient (Wildman–Crippen LogP) is 3.95. The number of nitrogens with zero attached hydrogens (tertiary/aromatic N) is 3. The summed E-state index contributed by atoms with van der Waals surface area (Å²) in [5, 5.41) is 8.84. The molecule has 3 heteroatoms. The van der Waals surface area contributed by atoms with Crippen LogP contribution in [-0.2, 0) is 0 Å². The van der Waals surface area contributed by atoms with Gasteiger partial charge in [0.1, 0.15) is 12.1 Å². The Morgan fingerprint density at radius 3 is 1.86 bits per heavy atom. The van der Waals surface area contributed by atoms with Crippen LogP contribution < -0.4 is 0 Å². The Kier molecular flexibility index (Phi) is 4.98. The number of hydrogen-bond donors (Lipinski definition) is 0. The van der Waals surface area contributed by atoms with E-state index >= 15 is 0 Å². The first-order valence-electron chi connectivity index (χ1n) is 7.89. The highest BCUT2D eigenvalue weighted by molar-refractivity contribution is 6.12. The van der Waals surface area contributed by atoms with Gasteiger partial charge in [-0.2, -0.15) is 0 Å². The van der Waals surface area contributed by atoms with E-state index in [4.69, 9.17) is 0 Å². The van der Waals surface area contributed by atoms with Gasteiger partial charge in [-0.1, -0.05) is 60.7 Å². The van der Waals surface area contributed by atoms with Gasteiger partial charge < -0.3 is 4.90 Å². The Morgan fingerprint density at radius 1 is 0.773 bits per heavy atom. The SMILES string of the molecule is C(=N\N=C(c1ccccc1)c1ccccc1)/N1CCCCC1. The third kappa shape index (κ3) is 3.82. The number of rotatable bonds is 4. The Bertz CT molecular complexity index is 585. The van der Waals surface area contributed by atoms with Crippen molar-refractivity contribution in [2.45, 2.75) is 19.3 Å². The second-order valence-corrected chi connectivity index (χ2v) is 5.51. The van der Waals surface area contributed by atoms with Crippen molar-refractivity contribution in [3.8, 4) is 0 Å². The topological polar surface area (TPSA) is 28.0 Å². The van der Waals surface area contributed by atoms with Crippen LogP contribution in [-0.4, -0.2) is 30.0 Å². The van der Waals surface area contributed by atoms with E-state index in [-0.39, 0.29) is 0 Å². The van der Waals surface area contributed by atoms with Gasteiger partial charge in [0.15, 0.2) is 0 Å². The van der Waals surface area contributed by atoms with Crippen molar-refractivity contribution < 1.29 is 0 Å². The minimum absolute atomic E-state index is 0.912. The van der Waals surface area contributed by atoms with Gasteiger partial charge in [0.05, 0.1) is 0 Å². The molecule has 0 bridgehead atoms. The lowest BCUT2D eigenvalue weighted by molar-refractivity contribution is 0.350. The van der Waals surface area contributed by atoms with Crippen LogP contribution in [0.1, 0.15) is 30.4 Å². The minimum Gasteiger partial charge on any atom is -0.361 e. The molecule has 2 aromatic carbocycles. The van der Waals surface area contributed by atoms with Crippen molar-refractivity contribution >= 4 is 12.1 Å². The van der Waals surface area contributed by atoms with Crippen LogP contribution in [0.5, 0.6) is 0 Å². The first kappa shape index (κ1) is 14.5. The molecule has 0 saturated carbocycles. The van der Waals surface area contributed by atoms with Gasteiger partial charge in [0.25, 0.3) is 0 Å². The Morgan fingerprint density at radius 2 is 1.32 bits per heavy atom. The van der Waals surface area contributed by atoms with Gasteiger partial charge in [-0.05, 0) is 19.3 Å². The molecule has 2 aromatic rings. The van der Waals surface area contributed by atoms with Gasteiger partial charge in [-0.15, -0.1) is 10.2 Å². The lowest BCUT2D eigenvalue weighted by atomic mass is 10.0. The summed E-state index contributed by atoms with van der Waals surface area (Å²) < 4.78 is 0. The molecule has 1 saturated heterocycles. The number of piperidine rings is 1. The fourth-order valence-corrected chi connectivity index (χ4v) is 2.66. The highest BCUT2D eigenvalue weighted by Gasteiger charge is 2.07. The zero-order valence-corrected chi connectivity index (χ0v) is 12.7. The van der Waals surface area contributed by atoms with E-state index in [2.05, 4.69) is 39.4 Å². The molecule has 0 aromatic heterocycles. The van der Waals surface area contributed by atoms with E-state index in [1.54, 1.807) is 0 Å². The van der Waals surface area contributed by atoms with Crippen LogP contribution >= 0.6 is 0 Å². The van der Waals surface area contributed by atoms with Crippen molar-refractivity contribution in [3.63, 3.8) is 0 Å². The van der Waals surface area contributed by atoms with Crippen molar-refractivity contribution in [1.82, 2.24) is 4.90 Å². The van der Waals surface area contributed by atoms with E-state index < -0.39 is 0 Å². The lowest BCUT2D eigenvalue weighted by Gasteiger charge is -2.23. The van der Waals surface area contributed by atoms with Gasteiger partial charge in [0.2, 0.25) is 0 Å². The quantitative estimate of drug-likeness (QED) is 0.476. The van der Waals surface area contributed by atoms with Crippen LogP contribution in [0.3, 0.4) is 0 Å². The molecule has 1 heterocycles. The molecule has 112 valence electrons. The van der Waals surface area contributed by atoms with E-state index in [9.17, 15) is 0 Å². The van der Waals surface area contributed by atoms with Gasteiger partial charge in [-0.3, -0.25) is 0 Å². The smallest absolute Gasteiger partial charge is 0.114 e. The molecule has 22 heavy (non-hydrogen) atoms. The Hall–Kier alpha value is -2.42. The average Bonchev–Trinajstić information content (AvgIpc) is 2.61. The van der Waals surface area contributed by atoms with E-state index in [0.717, 1.165) is 29.9 Å². The largest absolute Gasteiger partial charge is 0.361 e. The summed E-state index contributed by atoms with van der Waals surface area (Å²) in [6, 6.07) is 20.4. The van der Waals surface area contributed by atoms with Crippen molar-refractivity contribution in [2.24, 2.45) is 10.2 Å². The van der Waals surface area contributed by atoms with Gasteiger partial charge in [-0.25, -0.2) is 0 Å². The number of hydrogen-bond acceptors (Lipinski definition) is 2. The minimum atomic E-state index is 0.912. The molecular formula is C19H21N3. The van der Waals surface area contributed by atoms with Gasteiger partial charge in [0, 0.05) is 24.2 Å². The predicted molar refractivity (Wildman–Crippen MR) is 92.4 cm³/mol. The fourth-order valence-electron chi connectivity index (χ4n) is 2.66. The maximum Gasteiger partial charge on any atom is 0.114 e. The molecule has 1 aliphatic rings. The molecular weight excluding hydrogens is 270 g/mol. The van der Waals surface area contributed by atoms with E-state index in [0.29, 0.717) is 0 Å². The molecule has 0 radical (unpaired) electrons. The summed E-state index contributed by atoms with van der Waals surface area (Å²) >= 11 is 0. The highest BCUT2D eigenvalue weighted by atomic mass is 15.3. The highest BCUT2D eigenvalue weighted by Crippen LogP contribution is 2.11. The van der Waals surface area contributed by atoms with Gasteiger partial charge >= 0.3 is 0 Å². The second kappa shape index (κ2) is 7.55. The van der Waals surface area contributed by atoms with E-state index in [1.165, 1.54) is 19.3 Å². The zero-order valence-electron chi connectivity index (χ0n) is 12.7. The standard InChI is InChI=1S/C19H21N3/c1-4-10-17(11-5-1)19(18-12-6-2-7-13-18)21-20-16-22-14-8-3-9-15-22/h1-2,4-7,10-13,16H,3,8-9,14-15H2/b20-16+. The van der Waals surface area contributed by atoms with Crippen molar-refractivity contribution in [2.75, 3.05) is 13.1 Å². The molecule has 1 fully saturated rings. The third-order valence-electron chi connectivity index (χ3n) is 3.86. The first-order chi connectivity index (χ1) is 10.9. The summed E-state index contributed by atoms with van der Waals surface area (Å²) in [5.41, 5.74) is 3.09. The maximum atomic E-state index is 4.50. The summed E-state index contributed by atoms with van der Waals surface area (Å²) in [4.78, 5) is 2.25. The molecule has 0 aliphatic carbocycles. The number of benzene rings is 2. The lowest BCUT2D eigenvalue weighted by Crippen LogP contribution is -2.28. The molecule has 3 rings (SSSR count). The normalized spacial score (nSPS) is 15.0. The summed E-state index contributed by atoms with van der Waals surface area (Å²) in [6.45, 7) is 2.18. The molecule has 0 N–H and O–H groups in total. The molecule has 1 aliphatic heterocycles. The maximum absolute atomic E-state index is 4.50. The van der Waals surface area contributed by atoms with Crippen molar-refractivity contribution in [3.05, 3.63) is 71.8 Å². The first-order valence-corrected chi connectivity index (χ1v) is 7.89.